The third-order valence-electron chi connectivity index (χ3n) is 12.9. The normalized spacial score (nSPS) is 26.5. The molecule has 0 spiro atoms. The SMILES string of the molecule is CC(=O)O[C@H]1[C@H](O[C@@H]2O[C@@H]3CO[C@H](c4ccccc4)O[C@@H]3[C@H](OC(=O)c3ccccc3)[C@H]2OC(=O)c2ccccc2)[C@@H](COCc2ccccc2)O[C@@H](Sc2ccc(C)cc2)[C@@H]1N1C(=O)c2ccccc2C1=O. The summed E-state index contributed by atoms with van der Waals surface area (Å²) in [5.74, 6) is -3.61. The van der Waals surface area contributed by atoms with Gasteiger partial charge in [0.25, 0.3) is 11.8 Å². The van der Waals surface area contributed by atoms with Crippen molar-refractivity contribution in [3.8, 4) is 0 Å². The van der Waals surface area contributed by atoms with E-state index in [-0.39, 0.29) is 42.1 Å². The van der Waals surface area contributed by atoms with E-state index in [4.69, 9.17) is 42.6 Å². The number of ether oxygens (including phenoxy) is 9. The lowest BCUT2D eigenvalue weighted by atomic mass is 9.94. The van der Waals surface area contributed by atoms with Crippen molar-refractivity contribution in [2.45, 2.75) is 92.1 Å². The topological polar surface area (TPSA) is 172 Å². The minimum absolute atomic E-state index is 0.103. The Labute approximate surface area is 425 Å². The van der Waals surface area contributed by atoms with Crippen LogP contribution in [0.25, 0.3) is 0 Å². The monoisotopic (exact) mass is 1010 g/mol. The molecule has 4 aliphatic heterocycles. The number of carbonyl (C=O) groups excluding carboxylic acids is 5. The van der Waals surface area contributed by atoms with E-state index in [1.54, 1.807) is 84.9 Å². The van der Waals surface area contributed by atoms with Gasteiger partial charge in [0.05, 0.1) is 42.1 Å². The second kappa shape index (κ2) is 22.4. The Kier molecular flexibility index (Phi) is 15.2. The molecule has 3 fully saturated rings. The van der Waals surface area contributed by atoms with Crippen LogP contribution in [0.15, 0.2) is 175 Å². The van der Waals surface area contributed by atoms with E-state index < -0.39 is 96.5 Å². The number of rotatable bonds is 15. The molecule has 16 heteroatoms. The zero-order valence-electron chi connectivity index (χ0n) is 39.7. The molecule has 73 heavy (non-hydrogen) atoms. The fourth-order valence-corrected chi connectivity index (χ4v) is 10.5. The Bertz CT molecular complexity index is 2860. The van der Waals surface area contributed by atoms with Crippen LogP contribution >= 0.6 is 11.8 Å². The first kappa shape index (κ1) is 49.6. The van der Waals surface area contributed by atoms with Crippen LogP contribution in [-0.4, -0.2) is 108 Å². The predicted octanol–water partition coefficient (Wildman–Crippen LogP) is 8.30. The molecule has 3 saturated heterocycles. The number of esters is 3. The first-order chi connectivity index (χ1) is 35.6. The van der Waals surface area contributed by atoms with E-state index in [2.05, 4.69) is 0 Å². The maximum atomic E-state index is 14.6. The summed E-state index contributed by atoms with van der Waals surface area (Å²) in [4.78, 5) is 73.2. The Hall–Kier alpha value is -7.02. The van der Waals surface area contributed by atoms with Crippen LogP contribution in [0, 0.1) is 6.92 Å². The third-order valence-corrected chi connectivity index (χ3v) is 14.0. The van der Waals surface area contributed by atoms with Crippen LogP contribution in [0.2, 0.25) is 0 Å². The van der Waals surface area contributed by atoms with Crippen molar-refractivity contribution in [2.24, 2.45) is 0 Å². The van der Waals surface area contributed by atoms with E-state index >= 15 is 0 Å². The molecule has 0 radical (unpaired) electrons. The van der Waals surface area contributed by atoms with Crippen LogP contribution in [0.5, 0.6) is 0 Å². The molecule has 15 nitrogen and oxygen atoms in total. The van der Waals surface area contributed by atoms with Gasteiger partial charge < -0.3 is 42.6 Å². The molecule has 6 aromatic rings. The van der Waals surface area contributed by atoms with E-state index in [0.717, 1.165) is 20.9 Å². The maximum absolute atomic E-state index is 14.6. The van der Waals surface area contributed by atoms with Crippen molar-refractivity contribution in [1.82, 2.24) is 4.90 Å². The smallest absolute Gasteiger partial charge is 0.338 e. The Morgan fingerprint density at radius 3 is 1.78 bits per heavy atom. The maximum Gasteiger partial charge on any atom is 0.338 e. The lowest BCUT2D eigenvalue weighted by Gasteiger charge is -2.51. The molecule has 0 aromatic heterocycles. The molecule has 6 aromatic carbocycles. The van der Waals surface area contributed by atoms with Gasteiger partial charge in [0, 0.05) is 17.4 Å². The first-order valence-corrected chi connectivity index (χ1v) is 24.8. The summed E-state index contributed by atoms with van der Waals surface area (Å²) in [7, 11) is 0. The molecule has 10 rings (SSSR count). The Morgan fingerprint density at radius 2 is 1.18 bits per heavy atom. The molecule has 0 bridgehead atoms. The summed E-state index contributed by atoms with van der Waals surface area (Å²) in [6, 6.07) is 47.8. The molecule has 4 aliphatic rings. The lowest BCUT2D eigenvalue weighted by molar-refractivity contribution is -0.374. The van der Waals surface area contributed by atoms with Crippen molar-refractivity contribution in [3.63, 3.8) is 0 Å². The van der Waals surface area contributed by atoms with E-state index in [0.29, 0.717) is 5.56 Å². The van der Waals surface area contributed by atoms with E-state index in [9.17, 15) is 24.0 Å². The number of fused-ring (bicyclic) bond motifs is 2. The molecule has 0 saturated carbocycles. The summed E-state index contributed by atoms with van der Waals surface area (Å²) in [5, 5.41) is 0. The van der Waals surface area contributed by atoms with Gasteiger partial charge >= 0.3 is 17.9 Å². The van der Waals surface area contributed by atoms with Crippen molar-refractivity contribution < 1.29 is 66.6 Å². The van der Waals surface area contributed by atoms with Crippen LogP contribution < -0.4 is 0 Å². The van der Waals surface area contributed by atoms with Gasteiger partial charge in [-0.15, -0.1) is 0 Å². The number of amides is 2. The molecule has 0 aliphatic carbocycles. The zero-order chi connectivity index (χ0) is 50.4. The number of carbonyl (C=O) groups is 5. The van der Waals surface area contributed by atoms with Gasteiger partial charge in [0.15, 0.2) is 30.9 Å². The van der Waals surface area contributed by atoms with Crippen LogP contribution in [0.3, 0.4) is 0 Å². The van der Waals surface area contributed by atoms with Gasteiger partial charge in [-0.25, -0.2) is 9.59 Å². The van der Waals surface area contributed by atoms with Crippen molar-refractivity contribution in [1.29, 1.82) is 0 Å². The first-order valence-electron chi connectivity index (χ1n) is 23.9. The summed E-state index contributed by atoms with van der Waals surface area (Å²) < 4.78 is 59.2. The fourth-order valence-electron chi connectivity index (χ4n) is 9.36. The zero-order valence-corrected chi connectivity index (χ0v) is 40.5. The highest BCUT2D eigenvalue weighted by molar-refractivity contribution is 7.99. The van der Waals surface area contributed by atoms with Crippen molar-refractivity contribution in [3.05, 3.63) is 209 Å². The van der Waals surface area contributed by atoms with Crippen LogP contribution in [0.4, 0.5) is 0 Å². The Balaban J connectivity index is 1.08. The minimum Gasteiger partial charge on any atom is -0.457 e. The molecular weight excluding hydrogens is 955 g/mol. The average Bonchev–Trinajstić information content (AvgIpc) is 3.67. The number of aryl methyl sites for hydroxylation is 1. The highest BCUT2D eigenvalue weighted by Gasteiger charge is 2.60. The summed E-state index contributed by atoms with van der Waals surface area (Å²) >= 11 is 1.23. The second-order valence-electron chi connectivity index (χ2n) is 17.9. The largest absolute Gasteiger partial charge is 0.457 e. The van der Waals surface area contributed by atoms with Gasteiger partial charge in [-0.3, -0.25) is 19.3 Å². The molecule has 0 unspecified atom stereocenters. The molecule has 4 heterocycles. The summed E-state index contributed by atoms with van der Waals surface area (Å²) in [6.07, 6.45) is -11.8. The van der Waals surface area contributed by atoms with Crippen molar-refractivity contribution in [2.75, 3.05) is 13.2 Å². The summed E-state index contributed by atoms with van der Waals surface area (Å²) in [6.45, 7) is 3.01. The number of hydrogen-bond donors (Lipinski definition) is 0. The Morgan fingerprint density at radius 1 is 0.616 bits per heavy atom. The molecular formula is C57H51NO14S. The molecule has 11 atom stereocenters. The van der Waals surface area contributed by atoms with E-state index in [1.165, 1.54) is 18.7 Å². The molecule has 2 amide bonds. The third kappa shape index (κ3) is 11.0. The highest BCUT2D eigenvalue weighted by atomic mass is 32.2. The van der Waals surface area contributed by atoms with Gasteiger partial charge in [-0.2, -0.15) is 0 Å². The standard InChI is InChI=1S/C57H51NO14S/c1-34-27-29-40(30-28-34)73-57-45(58-51(60)41-25-15-16-26-42(41)52(58)61)48(66-35(2)59)46(43(68-57)32-64-31-36-17-7-3-8-18-36)72-56-50(70-54(63)38-21-11-5-12-22-38)49(69-53(62)37-19-9-4-10-20-37)47-44(67-56)33-65-55(71-47)39-23-13-6-14-24-39/h3-30,43-50,55-57H,31-33H2,1-2H3/t43-,44-,45-,46-,47+,48-,49+,50-,55+,56+,57+/m1/s1. The molecule has 0 N–H and O–H groups in total. The number of thioether (sulfide) groups is 1. The fraction of sp³-hybridized carbons (Fsp3) is 0.281. The number of benzene rings is 6. The minimum atomic E-state index is -1.66. The number of nitrogens with zero attached hydrogens (tertiary/aromatic N) is 1. The number of imide groups is 1. The van der Waals surface area contributed by atoms with Crippen LogP contribution in [0.1, 0.15) is 71.3 Å². The quantitative estimate of drug-likeness (QED) is 0.0546. The highest BCUT2D eigenvalue weighted by Crippen LogP contribution is 2.44. The predicted molar refractivity (Wildman–Crippen MR) is 263 cm³/mol. The summed E-state index contributed by atoms with van der Waals surface area (Å²) in [5.41, 5.74) is 2.12. The molecule has 374 valence electrons. The lowest BCUT2D eigenvalue weighted by Crippen LogP contribution is -2.69. The van der Waals surface area contributed by atoms with E-state index in [1.807, 2.05) is 91.9 Å². The average molecular weight is 1010 g/mol. The van der Waals surface area contributed by atoms with Gasteiger partial charge in [0.2, 0.25) is 0 Å². The van der Waals surface area contributed by atoms with Crippen molar-refractivity contribution >= 4 is 41.5 Å². The van der Waals surface area contributed by atoms with Crippen LogP contribution in [-0.2, 0) is 54.0 Å². The van der Waals surface area contributed by atoms with Gasteiger partial charge in [-0.05, 0) is 61.0 Å². The second-order valence-corrected chi connectivity index (χ2v) is 19.0. The van der Waals surface area contributed by atoms with Gasteiger partial charge in [0.1, 0.15) is 35.9 Å². The van der Waals surface area contributed by atoms with Gasteiger partial charge in [-0.1, -0.05) is 139 Å². The number of hydrogen-bond acceptors (Lipinski definition) is 15.